The van der Waals surface area contributed by atoms with Gasteiger partial charge >= 0.3 is 4.87 Å². The smallest absolute Gasteiger partial charge is 0.304 e. The Morgan fingerprint density at radius 1 is 1.47 bits per heavy atom. The summed E-state index contributed by atoms with van der Waals surface area (Å²) < 4.78 is 7.12. The van der Waals surface area contributed by atoms with Crippen LogP contribution in [0.3, 0.4) is 0 Å². The zero-order valence-corrected chi connectivity index (χ0v) is 19.0. The van der Waals surface area contributed by atoms with Gasteiger partial charge in [-0.2, -0.15) is 5.26 Å². The topological polar surface area (TPSA) is 170 Å². The van der Waals surface area contributed by atoms with Gasteiger partial charge in [0.05, 0.1) is 36.2 Å². The van der Waals surface area contributed by atoms with Crippen LogP contribution in [-0.2, 0) is 11.3 Å². The van der Waals surface area contributed by atoms with E-state index in [4.69, 9.17) is 16.3 Å². The van der Waals surface area contributed by atoms with Gasteiger partial charge in [-0.05, 0) is 13.0 Å². The Morgan fingerprint density at radius 3 is 2.88 bits per heavy atom. The summed E-state index contributed by atoms with van der Waals surface area (Å²) in [6, 6.07) is 3.46. The van der Waals surface area contributed by atoms with Crippen molar-refractivity contribution in [2.45, 2.75) is 42.1 Å². The fraction of sp³-hybridized carbons (Fsp3) is 0.389. The maximum atomic E-state index is 11.3. The average Bonchev–Trinajstić information content (AvgIpc) is 3.39. The van der Waals surface area contributed by atoms with Crippen LogP contribution >= 0.6 is 34.7 Å². The number of thiazole rings is 1. The number of pyridine rings is 1. The standard InChI is InChI=1S/C18H19ClN6O5S2/c1-9(27)15(7-26)30-17(32-16-2-10(19)4-21-11(16)3-20)14(28)6-25-5-12(23-24-25)13-8-31-18(29)22-13/h2,4-5,8-9,14-15,17,26-28H,6-7H2,1H3,(H,22,29)/t9-,14+,15?,17?/m1/s1. The van der Waals surface area contributed by atoms with Crippen LogP contribution in [0.2, 0.25) is 5.02 Å². The Hall–Kier alpha value is -2.31. The summed E-state index contributed by atoms with van der Waals surface area (Å²) in [4.78, 5) is 18.1. The van der Waals surface area contributed by atoms with E-state index < -0.39 is 30.4 Å². The molecular weight excluding hydrogens is 480 g/mol. The molecule has 0 aliphatic heterocycles. The molecule has 0 aliphatic rings. The van der Waals surface area contributed by atoms with Crippen molar-refractivity contribution in [3.8, 4) is 17.5 Å². The highest BCUT2D eigenvalue weighted by Gasteiger charge is 2.29. The molecule has 3 aromatic rings. The molecule has 0 saturated carbocycles. The van der Waals surface area contributed by atoms with Crippen molar-refractivity contribution in [3.05, 3.63) is 44.2 Å². The summed E-state index contributed by atoms with van der Waals surface area (Å²) in [5.41, 5.74) is -0.0188. The molecule has 0 radical (unpaired) electrons. The molecule has 3 heterocycles. The number of hydrogen-bond acceptors (Lipinski definition) is 11. The largest absolute Gasteiger partial charge is 0.394 e. The fourth-order valence-electron chi connectivity index (χ4n) is 2.59. The number of thioether (sulfide) groups is 1. The molecule has 0 amide bonds. The normalized spacial score (nSPS) is 15.1. The highest BCUT2D eigenvalue weighted by molar-refractivity contribution is 7.99. The van der Waals surface area contributed by atoms with Crippen LogP contribution in [0.15, 0.2) is 33.5 Å². The highest BCUT2D eigenvalue weighted by atomic mass is 35.5. The second kappa shape index (κ2) is 11.0. The Balaban J connectivity index is 1.82. The lowest BCUT2D eigenvalue weighted by Crippen LogP contribution is -2.39. The van der Waals surface area contributed by atoms with Gasteiger partial charge in [-0.25, -0.2) is 9.67 Å². The number of nitrogens with zero attached hydrogens (tertiary/aromatic N) is 5. The Labute approximate surface area is 195 Å². The molecule has 0 saturated heterocycles. The third kappa shape index (κ3) is 6.14. The maximum Gasteiger partial charge on any atom is 0.304 e. The number of nitrogens with one attached hydrogen (secondary N) is 1. The second-order valence-electron chi connectivity index (χ2n) is 6.65. The minimum absolute atomic E-state index is 0.0626. The van der Waals surface area contributed by atoms with Gasteiger partial charge in [0.25, 0.3) is 0 Å². The minimum Gasteiger partial charge on any atom is -0.394 e. The van der Waals surface area contributed by atoms with E-state index in [0.29, 0.717) is 21.3 Å². The van der Waals surface area contributed by atoms with Crippen molar-refractivity contribution < 1.29 is 20.1 Å². The summed E-state index contributed by atoms with van der Waals surface area (Å²) in [5.74, 6) is 0. The van der Waals surface area contributed by atoms with Crippen molar-refractivity contribution >= 4 is 34.7 Å². The summed E-state index contributed by atoms with van der Waals surface area (Å²) in [5, 5.41) is 49.4. The van der Waals surface area contributed by atoms with Crippen LogP contribution in [-0.4, -0.2) is 70.6 Å². The summed E-state index contributed by atoms with van der Waals surface area (Å²) >= 11 is 7.97. The van der Waals surface area contributed by atoms with Crippen molar-refractivity contribution in [1.29, 1.82) is 5.26 Å². The van der Waals surface area contributed by atoms with E-state index in [1.165, 1.54) is 23.9 Å². The van der Waals surface area contributed by atoms with Crippen LogP contribution in [0, 0.1) is 11.3 Å². The van der Waals surface area contributed by atoms with E-state index in [0.717, 1.165) is 23.1 Å². The number of nitriles is 1. The van der Waals surface area contributed by atoms with Crippen LogP contribution in [0.25, 0.3) is 11.4 Å². The third-order valence-electron chi connectivity index (χ3n) is 4.22. The molecule has 0 fully saturated rings. The second-order valence-corrected chi connectivity index (χ2v) is 9.07. The Kier molecular flexibility index (Phi) is 8.38. The van der Waals surface area contributed by atoms with Crippen molar-refractivity contribution in [2.75, 3.05) is 6.61 Å². The zero-order valence-electron chi connectivity index (χ0n) is 16.6. The molecule has 0 aliphatic carbocycles. The molecule has 14 heteroatoms. The predicted octanol–water partition coefficient (Wildman–Crippen LogP) is 0.853. The van der Waals surface area contributed by atoms with Crippen LogP contribution in [0.1, 0.15) is 12.6 Å². The number of H-pyrrole nitrogens is 1. The molecule has 3 rings (SSSR count). The van der Waals surface area contributed by atoms with E-state index in [1.807, 2.05) is 6.07 Å². The molecule has 3 aromatic heterocycles. The number of aliphatic hydroxyl groups is 3. The molecular formula is C18H19ClN6O5S2. The fourth-order valence-corrected chi connectivity index (χ4v) is 4.49. The lowest BCUT2D eigenvalue weighted by Gasteiger charge is -2.28. The number of aromatic amines is 1. The molecule has 0 aromatic carbocycles. The molecule has 32 heavy (non-hydrogen) atoms. The number of hydrogen-bond donors (Lipinski definition) is 4. The SMILES string of the molecule is C[C@@H](O)C(CO)OC(Sc1cc(Cl)cnc1C#N)[C@@H](O)Cn1cc(-c2csc(=O)[nH]2)nn1. The first kappa shape index (κ1) is 24.3. The average molecular weight is 499 g/mol. The van der Waals surface area contributed by atoms with Crippen molar-refractivity contribution in [2.24, 2.45) is 0 Å². The molecule has 0 bridgehead atoms. The molecule has 2 unspecified atom stereocenters. The third-order valence-corrected chi connectivity index (χ3v) is 6.32. The van der Waals surface area contributed by atoms with Gasteiger partial charge in [-0.15, -0.1) is 5.10 Å². The molecule has 4 atom stereocenters. The molecule has 170 valence electrons. The maximum absolute atomic E-state index is 11.3. The number of aliphatic hydroxyl groups excluding tert-OH is 3. The van der Waals surface area contributed by atoms with E-state index in [9.17, 15) is 25.4 Å². The quantitative estimate of drug-likeness (QED) is 0.232. The first-order chi connectivity index (χ1) is 15.3. The zero-order chi connectivity index (χ0) is 23.3. The van der Waals surface area contributed by atoms with E-state index in [-0.39, 0.29) is 17.1 Å². The van der Waals surface area contributed by atoms with Gasteiger partial charge < -0.3 is 25.0 Å². The monoisotopic (exact) mass is 498 g/mol. The van der Waals surface area contributed by atoms with Gasteiger partial charge in [0.15, 0.2) is 5.69 Å². The number of halogens is 1. The summed E-state index contributed by atoms with van der Waals surface area (Å²) in [6.45, 7) is 0.897. The van der Waals surface area contributed by atoms with Gasteiger partial charge in [0, 0.05) is 16.5 Å². The van der Waals surface area contributed by atoms with Gasteiger partial charge in [0.1, 0.15) is 29.4 Å². The summed E-state index contributed by atoms with van der Waals surface area (Å²) in [6.07, 6.45) is -0.329. The van der Waals surface area contributed by atoms with Crippen LogP contribution < -0.4 is 4.87 Å². The first-order valence-electron chi connectivity index (χ1n) is 9.23. The van der Waals surface area contributed by atoms with Gasteiger partial charge in [-0.1, -0.05) is 39.9 Å². The van der Waals surface area contributed by atoms with Crippen LogP contribution in [0.4, 0.5) is 0 Å². The molecule has 4 N–H and O–H groups in total. The van der Waals surface area contributed by atoms with E-state index in [2.05, 4.69) is 20.3 Å². The van der Waals surface area contributed by atoms with Crippen molar-refractivity contribution in [1.82, 2.24) is 25.0 Å². The van der Waals surface area contributed by atoms with Gasteiger partial charge in [-0.3, -0.25) is 4.79 Å². The lowest BCUT2D eigenvalue weighted by atomic mass is 10.2. The Bertz CT molecular complexity index is 1140. The van der Waals surface area contributed by atoms with Crippen LogP contribution in [0.5, 0.6) is 0 Å². The number of rotatable bonds is 10. The minimum atomic E-state index is -1.20. The first-order valence-corrected chi connectivity index (χ1v) is 11.4. The van der Waals surface area contributed by atoms with E-state index in [1.54, 1.807) is 11.6 Å². The highest BCUT2D eigenvalue weighted by Crippen LogP contribution is 2.32. The number of ether oxygens (including phenoxy) is 1. The predicted molar refractivity (Wildman–Crippen MR) is 117 cm³/mol. The van der Waals surface area contributed by atoms with E-state index >= 15 is 0 Å². The molecule has 11 nitrogen and oxygen atoms in total. The van der Waals surface area contributed by atoms with Crippen molar-refractivity contribution in [3.63, 3.8) is 0 Å². The summed E-state index contributed by atoms with van der Waals surface area (Å²) in [7, 11) is 0. The molecule has 0 spiro atoms. The Morgan fingerprint density at radius 2 is 2.25 bits per heavy atom. The number of aromatic nitrogens is 5. The van der Waals surface area contributed by atoms with Gasteiger partial charge in [0.2, 0.25) is 0 Å². The lowest BCUT2D eigenvalue weighted by molar-refractivity contribution is -0.0972.